The lowest BCUT2D eigenvalue weighted by Gasteiger charge is -2.20. The van der Waals surface area contributed by atoms with E-state index in [1.165, 1.54) is 0 Å². The summed E-state index contributed by atoms with van der Waals surface area (Å²) in [7, 11) is 3.46. The third-order valence-electron chi connectivity index (χ3n) is 2.73. The first-order valence-corrected chi connectivity index (χ1v) is 7.52. The van der Waals surface area contributed by atoms with Gasteiger partial charge in [-0.1, -0.05) is 6.92 Å². The molecule has 19 heavy (non-hydrogen) atoms. The fourth-order valence-electron chi connectivity index (χ4n) is 1.67. The Kier molecular flexibility index (Phi) is 8.94. The van der Waals surface area contributed by atoms with Crippen LogP contribution >= 0.6 is 11.3 Å². The number of hydrogen-bond donors (Lipinski definition) is 1. The van der Waals surface area contributed by atoms with Gasteiger partial charge in [-0.05, 0) is 6.54 Å². The average Bonchev–Trinajstić information content (AvgIpc) is 2.87. The monoisotopic (exact) mass is 287 g/mol. The lowest BCUT2D eigenvalue weighted by Crippen LogP contribution is -2.30. The summed E-state index contributed by atoms with van der Waals surface area (Å²) in [4.78, 5) is 6.94. The number of nitrogens with one attached hydrogen (secondary N) is 1. The molecule has 1 heterocycles. The second kappa shape index (κ2) is 10.3. The lowest BCUT2D eigenvalue weighted by molar-refractivity contribution is 0.109. The van der Waals surface area contributed by atoms with Crippen molar-refractivity contribution in [1.82, 2.24) is 15.2 Å². The Morgan fingerprint density at radius 1 is 1.26 bits per heavy atom. The van der Waals surface area contributed by atoms with Crippen molar-refractivity contribution in [3.63, 3.8) is 0 Å². The van der Waals surface area contributed by atoms with Gasteiger partial charge in [-0.3, -0.25) is 4.90 Å². The Balaban J connectivity index is 2.44. The Hall–Kier alpha value is -0.530. The van der Waals surface area contributed by atoms with E-state index >= 15 is 0 Å². The Bertz CT molecular complexity index is 325. The molecule has 0 spiro atoms. The zero-order valence-electron chi connectivity index (χ0n) is 12.1. The van der Waals surface area contributed by atoms with Gasteiger partial charge in [0.05, 0.1) is 18.9 Å². The molecule has 0 aliphatic heterocycles. The van der Waals surface area contributed by atoms with E-state index in [9.17, 15) is 0 Å². The van der Waals surface area contributed by atoms with Gasteiger partial charge >= 0.3 is 0 Å². The first-order valence-electron chi connectivity index (χ1n) is 6.64. The van der Waals surface area contributed by atoms with Gasteiger partial charge < -0.3 is 14.8 Å². The molecule has 0 aliphatic carbocycles. The molecule has 0 fully saturated rings. The molecule has 6 heteroatoms. The zero-order chi connectivity index (χ0) is 13.9. The maximum atomic E-state index is 5.14. The molecule has 0 aliphatic rings. The molecule has 5 nitrogen and oxygen atoms in total. The van der Waals surface area contributed by atoms with Crippen molar-refractivity contribution < 1.29 is 9.47 Å². The molecule has 1 N–H and O–H groups in total. The predicted molar refractivity (Wildman–Crippen MR) is 78.5 cm³/mol. The van der Waals surface area contributed by atoms with Crippen LogP contribution in [0.1, 0.15) is 17.6 Å². The smallest absolute Gasteiger partial charge is 0.107 e. The minimum Gasteiger partial charge on any atom is -0.383 e. The number of methoxy groups -OCH3 is 2. The average molecular weight is 287 g/mol. The van der Waals surface area contributed by atoms with Crippen molar-refractivity contribution in [2.24, 2.45) is 0 Å². The molecular weight excluding hydrogens is 262 g/mol. The van der Waals surface area contributed by atoms with E-state index in [4.69, 9.17) is 9.47 Å². The maximum Gasteiger partial charge on any atom is 0.107 e. The second-order valence-corrected chi connectivity index (χ2v) is 5.22. The normalized spacial score (nSPS) is 11.4. The maximum absolute atomic E-state index is 5.14. The molecule has 0 atom stereocenters. The van der Waals surface area contributed by atoms with E-state index in [0.717, 1.165) is 56.6 Å². The minimum atomic E-state index is 0.734. The molecule has 0 radical (unpaired) electrons. The van der Waals surface area contributed by atoms with Crippen LogP contribution in [-0.4, -0.2) is 57.0 Å². The summed E-state index contributed by atoms with van der Waals surface area (Å²) in [5.74, 6) is 0. The van der Waals surface area contributed by atoms with Crippen LogP contribution < -0.4 is 5.32 Å². The van der Waals surface area contributed by atoms with Gasteiger partial charge in [0.2, 0.25) is 0 Å². The first-order chi connectivity index (χ1) is 9.30. The quantitative estimate of drug-likeness (QED) is 0.665. The van der Waals surface area contributed by atoms with Crippen molar-refractivity contribution in [2.75, 3.05) is 47.1 Å². The van der Waals surface area contributed by atoms with Crippen LogP contribution in [-0.2, 0) is 22.6 Å². The second-order valence-electron chi connectivity index (χ2n) is 4.27. The highest BCUT2D eigenvalue weighted by Gasteiger charge is 2.08. The molecular formula is C13H25N3O2S. The van der Waals surface area contributed by atoms with Crippen LogP contribution in [0.25, 0.3) is 0 Å². The fourth-order valence-corrected chi connectivity index (χ4v) is 2.43. The van der Waals surface area contributed by atoms with Crippen LogP contribution in [0.3, 0.4) is 0 Å². The van der Waals surface area contributed by atoms with Crippen LogP contribution in [0.4, 0.5) is 0 Å². The highest BCUT2D eigenvalue weighted by atomic mass is 32.1. The lowest BCUT2D eigenvalue weighted by atomic mass is 10.4. The molecule has 0 bridgehead atoms. The molecule has 0 unspecified atom stereocenters. The van der Waals surface area contributed by atoms with Gasteiger partial charge in [-0.25, -0.2) is 4.98 Å². The Labute approximate surface area is 119 Å². The van der Waals surface area contributed by atoms with Gasteiger partial charge in [-0.15, -0.1) is 11.3 Å². The van der Waals surface area contributed by atoms with Gasteiger partial charge in [0.1, 0.15) is 5.01 Å². The summed E-state index contributed by atoms with van der Waals surface area (Å²) in [6.07, 6.45) is 0. The van der Waals surface area contributed by atoms with Gasteiger partial charge in [0.25, 0.3) is 0 Å². The van der Waals surface area contributed by atoms with E-state index in [-0.39, 0.29) is 0 Å². The minimum absolute atomic E-state index is 0.734. The van der Waals surface area contributed by atoms with Crippen molar-refractivity contribution in [2.45, 2.75) is 20.0 Å². The molecule has 0 aromatic carbocycles. The van der Waals surface area contributed by atoms with Crippen LogP contribution in [0.2, 0.25) is 0 Å². The van der Waals surface area contributed by atoms with Gasteiger partial charge in [0, 0.05) is 45.8 Å². The highest BCUT2D eigenvalue weighted by Crippen LogP contribution is 2.11. The zero-order valence-corrected chi connectivity index (χ0v) is 13.0. The van der Waals surface area contributed by atoms with Crippen molar-refractivity contribution in [3.8, 4) is 0 Å². The molecule has 0 saturated heterocycles. The SMILES string of the molecule is CCNCc1nc(CN(CCOC)CCOC)cs1. The summed E-state index contributed by atoms with van der Waals surface area (Å²) in [5.41, 5.74) is 1.13. The van der Waals surface area contributed by atoms with E-state index in [0.29, 0.717) is 0 Å². The molecule has 0 amide bonds. The highest BCUT2D eigenvalue weighted by molar-refractivity contribution is 7.09. The van der Waals surface area contributed by atoms with E-state index < -0.39 is 0 Å². The van der Waals surface area contributed by atoms with Crippen molar-refractivity contribution in [1.29, 1.82) is 0 Å². The summed E-state index contributed by atoms with van der Waals surface area (Å²) in [6, 6.07) is 0. The summed E-state index contributed by atoms with van der Waals surface area (Å²) < 4.78 is 10.3. The van der Waals surface area contributed by atoms with Crippen LogP contribution in [0.15, 0.2) is 5.38 Å². The number of hydrogen-bond acceptors (Lipinski definition) is 6. The van der Waals surface area contributed by atoms with Crippen LogP contribution in [0, 0.1) is 0 Å². The summed E-state index contributed by atoms with van der Waals surface area (Å²) in [5, 5.41) is 6.58. The van der Waals surface area contributed by atoms with Crippen molar-refractivity contribution in [3.05, 3.63) is 16.1 Å². The number of aromatic nitrogens is 1. The Morgan fingerprint density at radius 2 is 1.95 bits per heavy atom. The molecule has 1 aromatic heterocycles. The van der Waals surface area contributed by atoms with Crippen molar-refractivity contribution >= 4 is 11.3 Å². The Morgan fingerprint density at radius 3 is 2.53 bits per heavy atom. The number of thiazole rings is 1. The van der Waals surface area contributed by atoms with E-state index in [2.05, 4.69) is 27.5 Å². The molecule has 0 saturated carbocycles. The fraction of sp³-hybridized carbons (Fsp3) is 0.769. The third kappa shape index (κ3) is 6.98. The molecule has 1 aromatic rings. The molecule has 1 rings (SSSR count). The van der Waals surface area contributed by atoms with E-state index in [1.54, 1.807) is 25.6 Å². The molecule has 110 valence electrons. The van der Waals surface area contributed by atoms with Gasteiger partial charge in [-0.2, -0.15) is 0 Å². The van der Waals surface area contributed by atoms with Crippen LogP contribution in [0.5, 0.6) is 0 Å². The summed E-state index contributed by atoms with van der Waals surface area (Å²) >= 11 is 1.72. The van der Waals surface area contributed by atoms with E-state index in [1.807, 2.05) is 0 Å². The predicted octanol–water partition coefficient (Wildman–Crippen LogP) is 1.35. The number of rotatable bonds is 11. The summed E-state index contributed by atoms with van der Waals surface area (Å²) in [6.45, 7) is 8.07. The number of nitrogens with zero attached hydrogens (tertiary/aromatic N) is 2. The topological polar surface area (TPSA) is 46.6 Å². The largest absolute Gasteiger partial charge is 0.383 e. The third-order valence-corrected chi connectivity index (χ3v) is 3.63. The first kappa shape index (κ1) is 16.5. The number of ether oxygens (including phenoxy) is 2. The standard InChI is InChI=1S/C13H25N3O2S/c1-4-14-9-13-15-12(11-19-13)10-16(5-7-17-2)6-8-18-3/h11,14H,4-10H2,1-3H3. The van der Waals surface area contributed by atoms with Gasteiger partial charge in [0.15, 0.2) is 0 Å².